The van der Waals surface area contributed by atoms with E-state index in [1.54, 1.807) is 6.92 Å². The van der Waals surface area contributed by atoms with Crippen LogP contribution in [0.25, 0.3) is 11.1 Å². The summed E-state index contributed by atoms with van der Waals surface area (Å²) in [5.74, 6) is -1.29. The number of nitrogens with zero attached hydrogens (tertiary/aromatic N) is 1. The first-order chi connectivity index (χ1) is 16.6. The molecule has 0 saturated heterocycles. The molecule has 0 saturated carbocycles. The summed E-state index contributed by atoms with van der Waals surface area (Å²) in [6.45, 7) is 2.03. The van der Waals surface area contributed by atoms with Gasteiger partial charge in [0.2, 0.25) is 0 Å². The van der Waals surface area contributed by atoms with E-state index in [1.165, 1.54) is 29.2 Å². The molecule has 0 aliphatic carbocycles. The molecule has 3 rings (SSSR count). The lowest BCUT2D eigenvalue weighted by atomic mass is 9.94. The Morgan fingerprint density at radius 1 is 0.943 bits per heavy atom. The molecule has 2 amide bonds. The minimum Gasteiger partial charge on any atom is -0.507 e. The van der Waals surface area contributed by atoms with E-state index in [4.69, 9.17) is 5.11 Å². The van der Waals surface area contributed by atoms with Crippen LogP contribution in [0.1, 0.15) is 29.2 Å². The summed E-state index contributed by atoms with van der Waals surface area (Å²) < 4.78 is 40.4. The molecule has 0 aliphatic rings. The average molecular weight is 486 g/mol. The number of carbonyl (C=O) groups is 2. The topological polar surface area (TPSA) is 89.9 Å². The van der Waals surface area contributed by atoms with Gasteiger partial charge in [-0.2, -0.15) is 13.2 Å². The molecule has 0 unspecified atom stereocenters. The zero-order valence-electron chi connectivity index (χ0n) is 19.0. The molecule has 0 heterocycles. The summed E-state index contributed by atoms with van der Waals surface area (Å²) in [4.78, 5) is 25.3. The molecule has 35 heavy (non-hydrogen) atoms. The number of aromatic hydroxyl groups is 1. The largest absolute Gasteiger partial charge is 0.507 e. The molecule has 0 spiro atoms. The highest BCUT2D eigenvalue weighted by Crippen LogP contribution is 2.37. The van der Waals surface area contributed by atoms with Crippen LogP contribution in [0.2, 0.25) is 0 Å². The van der Waals surface area contributed by atoms with Crippen LogP contribution in [0.3, 0.4) is 0 Å². The number of urea groups is 1. The van der Waals surface area contributed by atoms with Gasteiger partial charge in [-0.15, -0.1) is 0 Å². The van der Waals surface area contributed by atoms with Gasteiger partial charge in [-0.05, 0) is 53.4 Å². The van der Waals surface area contributed by atoms with Gasteiger partial charge in [0.05, 0.1) is 12.0 Å². The summed E-state index contributed by atoms with van der Waals surface area (Å²) in [5.41, 5.74) is 0.990. The van der Waals surface area contributed by atoms with Crippen molar-refractivity contribution in [2.75, 3.05) is 6.54 Å². The minimum atomic E-state index is -4.60. The highest BCUT2D eigenvalue weighted by molar-refractivity contribution is 5.78. The second-order valence-electron chi connectivity index (χ2n) is 7.95. The first-order valence-electron chi connectivity index (χ1n) is 10.9. The molecule has 9 heteroatoms. The van der Waals surface area contributed by atoms with E-state index in [9.17, 15) is 27.9 Å². The maximum Gasteiger partial charge on any atom is 0.416 e. The standard InChI is InChI=1S/C26H25F3N2O4/c1-2-31(25(35)30-15-17-6-4-3-5-7-17)16-19-14-20(26(27,28)29)9-10-21(19)22-12-18(13-24(33)34)8-11-23(22)32/h3-12,14,32H,2,13,15-16H2,1H3,(H,30,35)(H,33,34). The lowest BCUT2D eigenvalue weighted by Crippen LogP contribution is -2.39. The average Bonchev–Trinajstić information content (AvgIpc) is 2.82. The van der Waals surface area contributed by atoms with Crippen molar-refractivity contribution in [1.82, 2.24) is 10.2 Å². The van der Waals surface area contributed by atoms with E-state index < -0.39 is 23.7 Å². The molecule has 0 fully saturated rings. The number of hydrogen-bond acceptors (Lipinski definition) is 3. The van der Waals surface area contributed by atoms with Gasteiger partial charge in [-0.3, -0.25) is 4.79 Å². The fourth-order valence-corrected chi connectivity index (χ4v) is 3.67. The van der Waals surface area contributed by atoms with E-state index in [2.05, 4.69) is 5.32 Å². The Morgan fingerprint density at radius 2 is 1.66 bits per heavy atom. The Hall–Kier alpha value is -4.01. The normalized spacial score (nSPS) is 11.2. The van der Waals surface area contributed by atoms with E-state index in [0.29, 0.717) is 5.56 Å². The number of benzene rings is 3. The van der Waals surface area contributed by atoms with Crippen LogP contribution in [0.15, 0.2) is 66.7 Å². The van der Waals surface area contributed by atoms with Crippen molar-refractivity contribution in [1.29, 1.82) is 0 Å². The highest BCUT2D eigenvalue weighted by atomic mass is 19.4. The first-order valence-corrected chi connectivity index (χ1v) is 10.9. The summed E-state index contributed by atoms with van der Waals surface area (Å²) in [5, 5.41) is 22.3. The minimum absolute atomic E-state index is 0.154. The van der Waals surface area contributed by atoms with Crippen LogP contribution >= 0.6 is 0 Å². The zero-order valence-corrected chi connectivity index (χ0v) is 19.0. The maximum absolute atomic E-state index is 13.5. The Labute approximate surface area is 200 Å². The van der Waals surface area contributed by atoms with Gasteiger partial charge in [0, 0.05) is 25.2 Å². The van der Waals surface area contributed by atoms with Crippen molar-refractivity contribution in [3.8, 4) is 16.9 Å². The van der Waals surface area contributed by atoms with Crippen LogP contribution in [-0.4, -0.2) is 33.7 Å². The van der Waals surface area contributed by atoms with Crippen molar-refractivity contribution in [3.05, 3.63) is 89.0 Å². The number of aliphatic carboxylic acids is 1. The number of rotatable bonds is 8. The fourth-order valence-electron chi connectivity index (χ4n) is 3.67. The van der Waals surface area contributed by atoms with Crippen molar-refractivity contribution < 1.29 is 33.0 Å². The number of alkyl halides is 3. The molecule has 0 aromatic heterocycles. The molecule has 3 aromatic carbocycles. The number of hydrogen-bond donors (Lipinski definition) is 3. The number of amides is 2. The van der Waals surface area contributed by atoms with E-state index in [1.807, 2.05) is 30.3 Å². The third-order valence-corrected chi connectivity index (χ3v) is 5.46. The van der Waals surface area contributed by atoms with Crippen LogP contribution in [-0.2, 0) is 30.5 Å². The van der Waals surface area contributed by atoms with Gasteiger partial charge in [-0.25, -0.2) is 4.79 Å². The first kappa shape index (κ1) is 25.6. The highest BCUT2D eigenvalue weighted by Gasteiger charge is 2.31. The number of phenols is 1. The summed E-state index contributed by atoms with van der Waals surface area (Å²) >= 11 is 0. The van der Waals surface area contributed by atoms with Crippen LogP contribution in [0.5, 0.6) is 5.75 Å². The van der Waals surface area contributed by atoms with Gasteiger partial charge < -0.3 is 20.4 Å². The number of carboxylic acid groups (broad SMARTS) is 1. The lowest BCUT2D eigenvalue weighted by Gasteiger charge is -2.24. The second kappa shape index (κ2) is 10.9. The van der Waals surface area contributed by atoms with Crippen molar-refractivity contribution in [2.45, 2.75) is 32.6 Å². The Balaban J connectivity index is 1.96. The predicted molar refractivity (Wildman–Crippen MR) is 125 cm³/mol. The number of carbonyl (C=O) groups excluding carboxylic acids is 1. The molecule has 3 N–H and O–H groups in total. The number of nitrogens with one attached hydrogen (secondary N) is 1. The molecule has 0 radical (unpaired) electrons. The van der Waals surface area contributed by atoms with E-state index in [-0.39, 0.29) is 48.5 Å². The lowest BCUT2D eigenvalue weighted by molar-refractivity contribution is -0.138. The Morgan fingerprint density at radius 3 is 2.29 bits per heavy atom. The van der Waals surface area contributed by atoms with Crippen LogP contribution in [0, 0.1) is 0 Å². The zero-order chi connectivity index (χ0) is 25.6. The monoisotopic (exact) mass is 486 g/mol. The third-order valence-electron chi connectivity index (χ3n) is 5.46. The summed E-state index contributed by atoms with van der Waals surface area (Å²) in [6.07, 6.45) is -4.92. The summed E-state index contributed by atoms with van der Waals surface area (Å²) in [7, 11) is 0. The predicted octanol–water partition coefficient (Wildman–Crippen LogP) is 5.44. The fraction of sp³-hybridized carbons (Fsp3) is 0.231. The smallest absolute Gasteiger partial charge is 0.416 e. The molecule has 0 bridgehead atoms. The third kappa shape index (κ3) is 6.75. The molecule has 184 valence electrons. The molecule has 6 nitrogen and oxygen atoms in total. The van der Waals surface area contributed by atoms with Gasteiger partial charge in [-0.1, -0.05) is 42.5 Å². The molecular formula is C26H25F3N2O4. The number of halogens is 3. The Bertz CT molecular complexity index is 1200. The SMILES string of the molecule is CCN(Cc1cc(C(F)(F)F)ccc1-c1cc(CC(=O)O)ccc1O)C(=O)NCc1ccccc1. The molecule has 0 atom stereocenters. The summed E-state index contributed by atoms with van der Waals surface area (Å²) in [6, 6.07) is 16.0. The van der Waals surface area contributed by atoms with Crippen LogP contribution < -0.4 is 5.32 Å². The van der Waals surface area contributed by atoms with Crippen molar-refractivity contribution in [3.63, 3.8) is 0 Å². The van der Waals surface area contributed by atoms with E-state index in [0.717, 1.165) is 17.7 Å². The molecule has 3 aromatic rings. The second-order valence-corrected chi connectivity index (χ2v) is 7.95. The van der Waals surface area contributed by atoms with Gasteiger partial charge in [0.15, 0.2) is 0 Å². The van der Waals surface area contributed by atoms with Crippen molar-refractivity contribution in [2.24, 2.45) is 0 Å². The number of carboxylic acids is 1. The Kier molecular flexibility index (Phi) is 8.01. The maximum atomic E-state index is 13.5. The van der Waals surface area contributed by atoms with Gasteiger partial charge in [0.1, 0.15) is 5.75 Å². The quantitative estimate of drug-likeness (QED) is 0.396. The molecular weight excluding hydrogens is 461 g/mol. The van der Waals surface area contributed by atoms with Crippen LogP contribution in [0.4, 0.5) is 18.0 Å². The number of phenolic OH excluding ortho intramolecular Hbond substituents is 1. The molecule has 0 aliphatic heterocycles. The van der Waals surface area contributed by atoms with Gasteiger partial charge >= 0.3 is 18.2 Å². The van der Waals surface area contributed by atoms with Gasteiger partial charge in [0.25, 0.3) is 0 Å². The van der Waals surface area contributed by atoms with E-state index >= 15 is 0 Å². The van der Waals surface area contributed by atoms with Crippen molar-refractivity contribution >= 4 is 12.0 Å².